The van der Waals surface area contributed by atoms with Crippen molar-refractivity contribution in [2.24, 2.45) is 0 Å². The van der Waals surface area contributed by atoms with Crippen LogP contribution >= 0.6 is 11.8 Å². The minimum absolute atomic E-state index is 0.532. The molecule has 0 aliphatic carbocycles. The topological polar surface area (TPSA) is 42.9 Å². The Morgan fingerprint density at radius 3 is 2.69 bits per heavy atom. The van der Waals surface area contributed by atoms with Gasteiger partial charge in [-0.05, 0) is 12.2 Å². The molecule has 0 amide bonds. The third-order valence-electron chi connectivity index (χ3n) is 1.44. The molecule has 13 heavy (non-hydrogen) atoms. The van der Waals surface area contributed by atoms with Crippen LogP contribution in [0.25, 0.3) is 0 Å². The van der Waals surface area contributed by atoms with Crippen LogP contribution in [0.2, 0.25) is 0 Å². The number of hydrogen-bond acceptors (Lipinski definition) is 4. The first-order valence-electron chi connectivity index (χ1n) is 4.20. The third-order valence-corrected chi connectivity index (χ3v) is 2.60. The molecule has 1 aromatic heterocycles. The summed E-state index contributed by atoms with van der Waals surface area (Å²) in [6.07, 6.45) is 5.03. The monoisotopic (exact) mass is 196 g/mol. The molecule has 0 aliphatic rings. The minimum atomic E-state index is 0.532. The number of aromatic nitrogens is 2. The van der Waals surface area contributed by atoms with Crippen LogP contribution in [0, 0.1) is 0 Å². The van der Waals surface area contributed by atoms with Gasteiger partial charge in [-0.1, -0.05) is 6.92 Å². The lowest BCUT2D eigenvalue weighted by atomic mass is 10.4. The van der Waals surface area contributed by atoms with Gasteiger partial charge in [-0.15, -0.1) is 0 Å². The van der Waals surface area contributed by atoms with Crippen molar-refractivity contribution >= 4 is 18.0 Å². The fourth-order valence-electron chi connectivity index (χ4n) is 0.808. The molecule has 70 valence electrons. The highest BCUT2D eigenvalue weighted by molar-refractivity contribution is 7.98. The van der Waals surface area contributed by atoms with Crippen LogP contribution in [0.1, 0.15) is 29.5 Å². The Morgan fingerprint density at radius 2 is 2.15 bits per heavy atom. The molecule has 0 aromatic carbocycles. The number of nitrogens with zero attached hydrogens (tertiary/aromatic N) is 2. The lowest BCUT2D eigenvalue weighted by Gasteiger charge is -1.98. The summed E-state index contributed by atoms with van der Waals surface area (Å²) in [5, 5.41) is 0. The second-order valence-electron chi connectivity index (χ2n) is 2.60. The maximum atomic E-state index is 10.3. The van der Waals surface area contributed by atoms with Crippen molar-refractivity contribution in [3.63, 3.8) is 0 Å². The number of carbonyl (C=O) groups excluding carboxylic acids is 1. The molecule has 0 N–H and O–H groups in total. The van der Waals surface area contributed by atoms with Gasteiger partial charge in [0.05, 0.1) is 11.3 Å². The van der Waals surface area contributed by atoms with Crippen LogP contribution in [0.4, 0.5) is 0 Å². The summed E-state index contributed by atoms with van der Waals surface area (Å²) >= 11 is 1.81. The maximum absolute atomic E-state index is 10.3. The van der Waals surface area contributed by atoms with E-state index in [1.54, 1.807) is 24.2 Å². The van der Waals surface area contributed by atoms with Crippen molar-refractivity contribution in [2.45, 2.75) is 19.1 Å². The van der Waals surface area contributed by atoms with Crippen molar-refractivity contribution in [1.29, 1.82) is 0 Å². The summed E-state index contributed by atoms with van der Waals surface area (Å²) in [6.45, 7) is 2.14. The second kappa shape index (κ2) is 5.70. The highest BCUT2D eigenvalue weighted by atomic mass is 32.2. The zero-order chi connectivity index (χ0) is 9.52. The van der Waals surface area contributed by atoms with Crippen molar-refractivity contribution in [1.82, 2.24) is 9.97 Å². The van der Waals surface area contributed by atoms with E-state index in [9.17, 15) is 4.79 Å². The molecule has 0 bridgehead atoms. The van der Waals surface area contributed by atoms with Gasteiger partial charge in [0, 0.05) is 12.4 Å². The quantitative estimate of drug-likeness (QED) is 0.533. The standard InChI is InChI=1S/C9H12N2OS/c1-2-3-13-7-9-10-4-8(6-12)5-11-9/h4-6H,2-3,7H2,1H3. The molecule has 3 nitrogen and oxygen atoms in total. The molecule has 4 heteroatoms. The first kappa shape index (κ1) is 10.2. The SMILES string of the molecule is CCCSCc1ncc(C=O)cn1. The van der Waals surface area contributed by atoms with E-state index >= 15 is 0 Å². The zero-order valence-electron chi connectivity index (χ0n) is 7.56. The van der Waals surface area contributed by atoms with Crippen molar-refractivity contribution in [3.8, 4) is 0 Å². The fraction of sp³-hybridized carbons (Fsp3) is 0.444. The predicted molar refractivity (Wildman–Crippen MR) is 53.9 cm³/mol. The Bertz CT molecular complexity index is 261. The van der Waals surface area contributed by atoms with Gasteiger partial charge >= 0.3 is 0 Å². The zero-order valence-corrected chi connectivity index (χ0v) is 8.38. The molecule has 1 heterocycles. The van der Waals surface area contributed by atoms with Gasteiger partial charge in [-0.3, -0.25) is 4.79 Å². The van der Waals surface area contributed by atoms with Gasteiger partial charge in [0.15, 0.2) is 6.29 Å². The van der Waals surface area contributed by atoms with E-state index in [0.717, 1.165) is 30.0 Å². The number of hydrogen-bond donors (Lipinski definition) is 0. The molecule has 0 unspecified atom stereocenters. The fourth-order valence-corrected chi connectivity index (χ4v) is 1.57. The molecule has 0 fully saturated rings. The molecule has 1 aromatic rings. The van der Waals surface area contributed by atoms with Crippen molar-refractivity contribution < 1.29 is 4.79 Å². The average Bonchev–Trinajstić information content (AvgIpc) is 2.19. The first-order valence-corrected chi connectivity index (χ1v) is 5.36. The van der Waals surface area contributed by atoms with E-state index in [0.29, 0.717) is 5.56 Å². The van der Waals surface area contributed by atoms with Gasteiger partial charge in [0.25, 0.3) is 0 Å². The van der Waals surface area contributed by atoms with Crippen LogP contribution < -0.4 is 0 Å². The molecule has 0 saturated heterocycles. The Balaban J connectivity index is 2.44. The predicted octanol–water partition coefficient (Wildman–Crippen LogP) is 1.93. The van der Waals surface area contributed by atoms with Crippen molar-refractivity contribution in [2.75, 3.05) is 5.75 Å². The lowest BCUT2D eigenvalue weighted by molar-refractivity contribution is 0.112. The Labute approximate surface area is 82.0 Å². The van der Waals surface area contributed by atoms with Gasteiger partial charge in [-0.2, -0.15) is 11.8 Å². The van der Waals surface area contributed by atoms with E-state index in [1.165, 1.54) is 0 Å². The number of thioether (sulfide) groups is 1. The maximum Gasteiger partial charge on any atom is 0.153 e. The molecule has 0 radical (unpaired) electrons. The third kappa shape index (κ3) is 3.55. The van der Waals surface area contributed by atoms with Gasteiger partial charge < -0.3 is 0 Å². The molecular formula is C9H12N2OS. The van der Waals surface area contributed by atoms with Crippen LogP contribution in [-0.4, -0.2) is 22.0 Å². The van der Waals surface area contributed by atoms with Crippen molar-refractivity contribution in [3.05, 3.63) is 23.8 Å². The number of aldehydes is 1. The van der Waals surface area contributed by atoms with Gasteiger partial charge in [0.1, 0.15) is 5.82 Å². The van der Waals surface area contributed by atoms with Crippen LogP contribution in [0.3, 0.4) is 0 Å². The van der Waals surface area contributed by atoms with E-state index < -0.39 is 0 Å². The highest BCUT2D eigenvalue weighted by Crippen LogP contribution is 2.08. The van der Waals surface area contributed by atoms with E-state index in [4.69, 9.17) is 0 Å². The van der Waals surface area contributed by atoms with E-state index in [2.05, 4.69) is 16.9 Å². The second-order valence-corrected chi connectivity index (χ2v) is 3.71. The molecule has 0 aliphatic heterocycles. The summed E-state index contributed by atoms with van der Waals surface area (Å²) < 4.78 is 0. The van der Waals surface area contributed by atoms with E-state index in [1.807, 2.05) is 0 Å². The number of carbonyl (C=O) groups is 1. The normalized spacial score (nSPS) is 9.92. The summed E-state index contributed by atoms with van der Waals surface area (Å²) in [7, 11) is 0. The Hall–Kier alpha value is -0.900. The van der Waals surface area contributed by atoms with Crippen LogP contribution in [-0.2, 0) is 5.75 Å². The van der Waals surface area contributed by atoms with Gasteiger partial charge in [0.2, 0.25) is 0 Å². The smallest absolute Gasteiger partial charge is 0.153 e. The largest absolute Gasteiger partial charge is 0.298 e. The van der Waals surface area contributed by atoms with Crippen LogP contribution in [0.5, 0.6) is 0 Å². The first-order chi connectivity index (χ1) is 6.36. The summed E-state index contributed by atoms with van der Waals surface area (Å²) in [5.74, 6) is 2.75. The lowest BCUT2D eigenvalue weighted by Crippen LogP contribution is -1.94. The van der Waals surface area contributed by atoms with Crippen LogP contribution in [0.15, 0.2) is 12.4 Å². The molecule has 0 spiro atoms. The minimum Gasteiger partial charge on any atom is -0.298 e. The van der Waals surface area contributed by atoms with E-state index in [-0.39, 0.29) is 0 Å². The molecule has 0 atom stereocenters. The molecule has 0 saturated carbocycles. The summed E-state index contributed by atoms with van der Waals surface area (Å²) in [5.41, 5.74) is 0.532. The molecule has 1 rings (SSSR count). The Morgan fingerprint density at radius 1 is 1.46 bits per heavy atom. The number of rotatable bonds is 5. The Kier molecular flexibility index (Phi) is 4.46. The summed E-state index contributed by atoms with van der Waals surface area (Å²) in [6, 6.07) is 0. The van der Waals surface area contributed by atoms with Gasteiger partial charge in [-0.25, -0.2) is 9.97 Å². The molecular weight excluding hydrogens is 184 g/mol. The average molecular weight is 196 g/mol. The highest BCUT2D eigenvalue weighted by Gasteiger charge is 1.96. The summed E-state index contributed by atoms with van der Waals surface area (Å²) in [4.78, 5) is 18.4.